The smallest absolute Gasteiger partial charge is 0.280 e. The molecular formula is C33H24N4O3. The number of anilines is 1. The minimum Gasteiger partial charge on any atom is -0.309 e. The molecule has 0 bridgehead atoms. The number of aromatic nitrogens is 1. The third-order valence-corrected chi connectivity index (χ3v) is 6.83. The summed E-state index contributed by atoms with van der Waals surface area (Å²) in [6.45, 7) is 1.83. The van der Waals surface area contributed by atoms with E-state index in [1.165, 1.54) is 17.1 Å². The molecule has 5 aromatic rings. The Hall–Kier alpha value is -5.56. The molecule has 2 heterocycles. The predicted molar refractivity (Wildman–Crippen MR) is 158 cm³/mol. The van der Waals surface area contributed by atoms with Crippen molar-refractivity contribution in [3.63, 3.8) is 0 Å². The van der Waals surface area contributed by atoms with Gasteiger partial charge in [0.05, 0.1) is 33.3 Å². The zero-order valence-corrected chi connectivity index (χ0v) is 21.6. The number of hydrogen-bond acceptors (Lipinski definition) is 4. The first-order chi connectivity index (χ1) is 19.5. The van der Waals surface area contributed by atoms with Crippen LogP contribution in [0.25, 0.3) is 34.3 Å². The molecule has 1 amide bonds. The van der Waals surface area contributed by atoms with E-state index < -0.39 is 4.92 Å². The third-order valence-electron chi connectivity index (χ3n) is 6.83. The molecule has 0 saturated heterocycles. The maximum absolute atomic E-state index is 13.6. The highest BCUT2D eigenvalue weighted by Gasteiger charge is 2.30. The van der Waals surface area contributed by atoms with Gasteiger partial charge in [0.2, 0.25) is 0 Å². The minimum absolute atomic E-state index is 0.0187. The number of nitro benzene ring substituents is 1. The molecule has 7 nitrogen and oxygen atoms in total. The van der Waals surface area contributed by atoms with Crippen LogP contribution in [0.4, 0.5) is 11.4 Å². The van der Waals surface area contributed by atoms with Crippen LogP contribution in [0.1, 0.15) is 12.5 Å². The van der Waals surface area contributed by atoms with Crippen molar-refractivity contribution in [3.8, 4) is 28.2 Å². The zero-order valence-electron chi connectivity index (χ0n) is 21.6. The quantitative estimate of drug-likeness (QED) is 0.131. The van der Waals surface area contributed by atoms with Gasteiger partial charge in [-0.15, -0.1) is 0 Å². The zero-order chi connectivity index (χ0) is 27.6. The average molecular weight is 525 g/mol. The van der Waals surface area contributed by atoms with E-state index in [1.54, 1.807) is 12.1 Å². The normalized spacial score (nSPS) is 14.0. The second kappa shape index (κ2) is 10.3. The van der Waals surface area contributed by atoms with E-state index in [2.05, 4.69) is 15.7 Å². The van der Waals surface area contributed by atoms with Gasteiger partial charge in [-0.05, 0) is 54.5 Å². The Morgan fingerprint density at radius 2 is 1.32 bits per heavy atom. The van der Waals surface area contributed by atoms with Crippen molar-refractivity contribution in [2.45, 2.75) is 6.92 Å². The summed E-state index contributed by atoms with van der Waals surface area (Å²) in [7, 11) is 0. The number of nitro groups is 1. The maximum atomic E-state index is 13.6. The van der Waals surface area contributed by atoms with Crippen LogP contribution in [0.15, 0.2) is 132 Å². The summed E-state index contributed by atoms with van der Waals surface area (Å²) in [5.41, 5.74) is 7.10. The second-order valence-electron chi connectivity index (χ2n) is 9.37. The monoisotopic (exact) mass is 524 g/mol. The van der Waals surface area contributed by atoms with Gasteiger partial charge in [0.15, 0.2) is 0 Å². The Morgan fingerprint density at radius 3 is 1.93 bits per heavy atom. The molecule has 1 aliphatic rings. The summed E-state index contributed by atoms with van der Waals surface area (Å²) < 4.78 is 2.08. The lowest BCUT2D eigenvalue weighted by Gasteiger charge is -2.15. The van der Waals surface area contributed by atoms with Crippen LogP contribution >= 0.6 is 0 Å². The molecule has 194 valence electrons. The van der Waals surface area contributed by atoms with Crippen molar-refractivity contribution in [1.29, 1.82) is 0 Å². The van der Waals surface area contributed by atoms with E-state index >= 15 is 0 Å². The lowest BCUT2D eigenvalue weighted by atomic mass is 10.0. The fraction of sp³-hybridized carbons (Fsp3) is 0.0303. The van der Waals surface area contributed by atoms with Gasteiger partial charge >= 0.3 is 0 Å². The van der Waals surface area contributed by atoms with Gasteiger partial charge in [-0.25, -0.2) is 0 Å². The lowest BCUT2D eigenvalue weighted by molar-refractivity contribution is -0.384. The van der Waals surface area contributed by atoms with E-state index in [0.29, 0.717) is 17.0 Å². The Labute approximate surface area is 231 Å². The van der Waals surface area contributed by atoms with Crippen molar-refractivity contribution in [1.82, 2.24) is 4.57 Å². The van der Waals surface area contributed by atoms with E-state index in [-0.39, 0.29) is 11.6 Å². The molecule has 6 rings (SSSR count). The molecular weight excluding hydrogens is 500 g/mol. The van der Waals surface area contributed by atoms with Crippen LogP contribution in [0.5, 0.6) is 0 Å². The molecule has 0 fully saturated rings. The van der Waals surface area contributed by atoms with Crippen molar-refractivity contribution < 1.29 is 9.72 Å². The molecule has 0 radical (unpaired) electrons. The number of non-ortho nitro benzene ring substituents is 1. The van der Waals surface area contributed by atoms with Gasteiger partial charge in [-0.2, -0.15) is 10.1 Å². The van der Waals surface area contributed by atoms with Gasteiger partial charge in [-0.3, -0.25) is 14.9 Å². The molecule has 0 unspecified atom stereocenters. The van der Waals surface area contributed by atoms with Gasteiger partial charge in [0.25, 0.3) is 11.6 Å². The fourth-order valence-electron chi connectivity index (χ4n) is 4.93. The SMILES string of the molecule is CC1=NN(c2ccccc2)C(=O)/C1=C/c1cc(-c2ccccc2)n(-c2ccc([N+](=O)[O-])cc2)c1-c1ccccc1. The number of para-hydroxylation sites is 1. The molecule has 4 aromatic carbocycles. The number of carbonyl (C=O) groups excluding carboxylic acids is 1. The number of hydrogen-bond donors (Lipinski definition) is 0. The van der Waals surface area contributed by atoms with Crippen LogP contribution in [0, 0.1) is 10.1 Å². The van der Waals surface area contributed by atoms with E-state index in [1.807, 2.05) is 104 Å². The second-order valence-corrected chi connectivity index (χ2v) is 9.37. The van der Waals surface area contributed by atoms with Crippen LogP contribution in [0.3, 0.4) is 0 Å². The molecule has 1 aromatic heterocycles. The fourth-order valence-corrected chi connectivity index (χ4v) is 4.93. The van der Waals surface area contributed by atoms with E-state index in [9.17, 15) is 14.9 Å². The summed E-state index contributed by atoms with van der Waals surface area (Å²) in [4.78, 5) is 24.5. The number of benzene rings is 4. The molecule has 1 aliphatic heterocycles. The van der Waals surface area contributed by atoms with Crippen molar-refractivity contribution >= 4 is 29.1 Å². The maximum Gasteiger partial charge on any atom is 0.280 e. The predicted octanol–water partition coefficient (Wildman–Crippen LogP) is 7.53. The largest absolute Gasteiger partial charge is 0.309 e. The Bertz CT molecular complexity index is 1770. The van der Waals surface area contributed by atoms with Gasteiger partial charge in [0, 0.05) is 23.4 Å². The number of carbonyl (C=O) groups is 1. The van der Waals surface area contributed by atoms with Gasteiger partial charge in [0.1, 0.15) is 0 Å². The lowest BCUT2D eigenvalue weighted by Crippen LogP contribution is -2.21. The first-order valence-corrected chi connectivity index (χ1v) is 12.8. The van der Waals surface area contributed by atoms with Crippen LogP contribution < -0.4 is 5.01 Å². The average Bonchev–Trinajstić information content (AvgIpc) is 3.51. The molecule has 40 heavy (non-hydrogen) atoms. The standard InChI is InChI=1S/C33H24N4O3/c1-23-30(33(38)36(34-23)28-15-9-4-10-16-28)21-26-22-31(24-11-5-2-6-12-24)35(32(26)25-13-7-3-8-14-25)27-17-19-29(20-18-27)37(39)40/h2-22H,1H3/b30-21+. The van der Waals surface area contributed by atoms with Gasteiger partial charge < -0.3 is 4.57 Å². The highest BCUT2D eigenvalue weighted by atomic mass is 16.6. The summed E-state index contributed by atoms with van der Waals surface area (Å²) in [6.07, 6.45) is 1.89. The first kappa shape index (κ1) is 24.8. The highest BCUT2D eigenvalue weighted by molar-refractivity contribution is 6.32. The molecule has 0 spiro atoms. The van der Waals surface area contributed by atoms with Gasteiger partial charge in [-0.1, -0.05) is 78.9 Å². The van der Waals surface area contributed by atoms with Crippen LogP contribution in [-0.4, -0.2) is 21.1 Å². The molecule has 0 atom stereocenters. The summed E-state index contributed by atoms with van der Waals surface area (Å²) >= 11 is 0. The first-order valence-electron chi connectivity index (χ1n) is 12.8. The van der Waals surface area contributed by atoms with E-state index in [0.717, 1.165) is 33.8 Å². The Kier molecular flexibility index (Phi) is 6.38. The van der Waals surface area contributed by atoms with Crippen molar-refractivity contribution in [2.75, 3.05) is 5.01 Å². The number of rotatable bonds is 6. The minimum atomic E-state index is -0.405. The Morgan fingerprint density at radius 1 is 0.750 bits per heavy atom. The van der Waals surface area contributed by atoms with E-state index in [4.69, 9.17) is 0 Å². The number of hydrazone groups is 1. The molecule has 0 aliphatic carbocycles. The third kappa shape index (κ3) is 4.50. The van der Waals surface area contributed by atoms with Crippen molar-refractivity contribution in [2.24, 2.45) is 5.10 Å². The molecule has 0 saturated carbocycles. The van der Waals surface area contributed by atoms with Crippen LogP contribution in [0.2, 0.25) is 0 Å². The Balaban J connectivity index is 1.58. The van der Waals surface area contributed by atoms with Crippen molar-refractivity contribution in [3.05, 3.63) is 143 Å². The molecule has 0 N–H and O–H groups in total. The summed E-state index contributed by atoms with van der Waals surface area (Å²) in [5.74, 6) is -0.202. The summed E-state index contributed by atoms with van der Waals surface area (Å²) in [5, 5.41) is 17.3. The topological polar surface area (TPSA) is 80.7 Å². The highest BCUT2D eigenvalue weighted by Crippen LogP contribution is 2.38. The number of nitrogens with zero attached hydrogens (tertiary/aromatic N) is 4. The number of amides is 1. The van der Waals surface area contributed by atoms with Crippen LogP contribution in [-0.2, 0) is 4.79 Å². The summed E-state index contributed by atoms with van der Waals surface area (Å²) in [6, 6.07) is 37.8. The molecule has 7 heteroatoms.